The number of carboxylic acid groups (broad SMARTS) is 1. The Balaban J connectivity index is -0.000000130. The summed E-state index contributed by atoms with van der Waals surface area (Å²) < 4.78 is 4.66. The van der Waals surface area contributed by atoms with Gasteiger partial charge in [0.15, 0.2) is 5.78 Å². The molecule has 1 N–H and O–H groups in total. The van der Waals surface area contributed by atoms with E-state index in [4.69, 9.17) is 5.11 Å². The number of ketones is 1. The standard InChI is InChI=1S/C14H20O.C13H20N4O.C9H17NO.C6H12O2.C4H8O2.6CH4/c1-4-5-9-14(15)13-8-6-7-12(10-13)11(2)3;1-11(2)10-12(18)16-6-8-17(9-7-16)13-14-4-3-5-15-13;1-2-6-9(11)10-7-4-3-5-8-10;1-4-8-6(7)5(2)3;1-3(2)4(5)6;;;;;;/h6-8,10-11H,4-5,9H2,1-3H3;3-5,11H,6-10H2,1-2H3;2-8H2,1H3;5H,4H2,1-3H3;3H,1-2H3,(H,5,6);6*1H4. The Labute approximate surface area is 394 Å². The van der Waals surface area contributed by atoms with Crippen LogP contribution in [-0.4, -0.2) is 100 Å². The number of carboxylic acids is 1. The molecule has 0 radical (unpaired) electrons. The number of piperidine rings is 1. The molecule has 0 spiro atoms. The molecule has 1 aromatic heterocycles. The van der Waals surface area contributed by atoms with E-state index in [2.05, 4.69) is 67.2 Å². The van der Waals surface area contributed by atoms with E-state index in [1.54, 1.807) is 33.2 Å². The number of likely N-dealkylation sites (tertiary alicyclic amines) is 1. The highest BCUT2D eigenvalue weighted by molar-refractivity contribution is 5.96. The van der Waals surface area contributed by atoms with Crippen LogP contribution in [0.5, 0.6) is 0 Å². The molecule has 3 heterocycles. The average Bonchev–Trinajstić information content (AvgIpc) is 3.21. The van der Waals surface area contributed by atoms with Crippen molar-refractivity contribution in [3.05, 3.63) is 53.9 Å². The van der Waals surface area contributed by atoms with Crippen LogP contribution in [0.1, 0.15) is 200 Å². The van der Waals surface area contributed by atoms with Crippen molar-refractivity contribution in [3.8, 4) is 0 Å². The van der Waals surface area contributed by atoms with Crippen molar-refractivity contribution in [2.45, 2.75) is 184 Å². The summed E-state index contributed by atoms with van der Waals surface area (Å²) in [5.74, 6) is 1.48. The Morgan fingerprint density at radius 1 is 0.656 bits per heavy atom. The maximum Gasteiger partial charge on any atom is 0.308 e. The van der Waals surface area contributed by atoms with Gasteiger partial charge in [-0.25, -0.2) is 9.97 Å². The number of nitrogens with zero attached hydrogens (tertiary/aromatic N) is 5. The number of piperazine rings is 1. The highest BCUT2D eigenvalue weighted by atomic mass is 16.5. The third kappa shape index (κ3) is 34.1. The van der Waals surface area contributed by atoms with Crippen LogP contribution in [-0.2, 0) is 23.9 Å². The first kappa shape index (κ1) is 74.0. The summed E-state index contributed by atoms with van der Waals surface area (Å²) in [5, 5.41) is 7.99. The lowest BCUT2D eigenvalue weighted by molar-refractivity contribution is -0.146. The zero-order valence-corrected chi connectivity index (χ0v) is 37.8. The van der Waals surface area contributed by atoms with Gasteiger partial charge in [0.25, 0.3) is 0 Å². The van der Waals surface area contributed by atoms with E-state index >= 15 is 0 Å². The number of hydrogen-bond donors (Lipinski definition) is 1. The van der Waals surface area contributed by atoms with Gasteiger partial charge >= 0.3 is 11.9 Å². The highest BCUT2D eigenvalue weighted by Gasteiger charge is 2.22. The lowest BCUT2D eigenvalue weighted by Gasteiger charge is -2.35. The quantitative estimate of drug-likeness (QED) is 0.152. The fourth-order valence-electron chi connectivity index (χ4n) is 5.47. The molecule has 4 rings (SSSR count). The zero-order chi connectivity index (χ0) is 44.0. The van der Waals surface area contributed by atoms with Crippen LogP contribution in [0.4, 0.5) is 5.95 Å². The van der Waals surface area contributed by atoms with E-state index in [-0.39, 0.29) is 74.1 Å². The number of carbonyl (C=O) groups excluding carboxylic acids is 4. The summed E-state index contributed by atoms with van der Waals surface area (Å²) in [4.78, 5) is 69.8. The minimum atomic E-state index is -0.741. The van der Waals surface area contributed by atoms with Crippen LogP contribution in [0.15, 0.2) is 42.7 Å². The van der Waals surface area contributed by atoms with Gasteiger partial charge < -0.3 is 24.5 Å². The van der Waals surface area contributed by atoms with Gasteiger partial charge in [0.05, 0.1) is 18.4 Å². The number of carbonyl (C=O) groups is 5. The molecule has 2 fully saturated rings. The fraction of sp³-hybridized carbons (Fsp3) is 0.712. The Kier molecular flexibility index (Phi) is 50.8. The Morgan fingerprint density at radius 2 is 1.17 bits per heavy atom. The predicted molar refractivity (Wildman–Crippen MR) is 274 cm³/mol. The van der Waals surface area contributed by atoms with Crippen LogP contribution >= 0.6 is 0 Å². The van der Waals surface area contributed by atoms with Crippen molar-refractivity contribution in [2.24, 2.45) is 17.8 Å². The van der Waals surface area contributed by atoms with Gasteiger partial charge in [-0.2, -0.15) is 0 Å². The van der Waals surface area contributed by atoms with Crippen molar-refractivity contribution >= 4 is 35.5 Å². The third-order valence-corrected chi connectivity index (χ3v) is 9.11. The molecule has 0 aliphatic carbocycles. The van der Waals surface area contributed by atoms with Crippen molar-refractivity contribution in [1.82, 2.24) is 19.8 Å². The molecular formula is C52H101N5O7. The molecule has 0 bridgehead atoms. The number of amides is 2. The van der Waals surface area contributed by atoms with Crippen LogP contribution in [0.2, 0.25) is 0 Å². The molecule has 2 amide bonds. The van der Waals surface area contributed by atoms with E-state index < -0.39 is 5.97 Å². The summed E-state index contributed by atoms with van der Waals surface area (Å²) in [6.45, 7) is 27.0. The van der Waals surface area contributed by atoms with Crippen LogP contribution < -0.4 is 4.90 Å². The van der Waals surface area contributed by atoms with E-state index in [0.717, 1.165) is 76.5 Å². The van der Waals surface area contributed by atoms with Gasteiger partial charge in [-0.1, -0.05) is 138 Å². The van der Waals surface area contributed by atoms with Crippen molar-refractivity contribution in [3.63, 3.8) is 0 Å². The lowest BCUT2D eigenvalue weighted by atomic mass is 9.98. The number of ether oxygens (including phenoxy) is 1. The number of unbranched alkanes of at least 4 members (excludes halogenated alkanes) is 1. The molecule has 0 unspecified atom stereocenters. The van der Waals surface area contributed by atoms with Gasteiger partial charge in [-0.3, -0.25) is 24.0 Å². The van der Waals surface area contributed by atoms with Gasteiger partial charge in [-0.05, 0) is 68.6 Å². The second kappa shape index (κ2) is 43.9. The number of Topliss-reactive ketones (excluding diaryl/α,β-unsaturated/α-hetero) is 1. The smallest absolute Gasteiger partial charge is 0.308 e. The molecule has 2 saturated heterocycles. The number of aromatic nitrogens is 2. The largest absolute Gasteiger partial charge is 0.481 e. The van der Waals surface area contributed by atoms with E-state index in [0.29, 0.717) is 37.2 Å². The normalized spacial score (nSPS) is 12.3. The summed E-state index contributed by atoms with van der Waals surface area (Å²) >= 11 is 0. The monoisotopic (exact) mass is 908 g/mol. The van der Waals surface area contributed by atoms with E-state index in [9.17, 15) is 24.0 Å². The summed E-state index contributed by atoms with van der Waals surface area (Å²) in [5.41, 5.74) is 2.12. The van der Waals surface area contributed by atoms with Gasteiger partial charge in [0, 0.05) is 76.5 Å². The molecule has 64 heavy (non-hydrogen) atoms. The van der Waals surface area contributed by atoms with Gasteiger partial charge in [0.1, 0.15) is 0 Å². The molecule has 0 atom stereocenters. The maximum atomic E-state index is 11.9. The molecule has 1 aromatic carbocycles. The second-order valence-electron chi connectivity index (χ2n) is 15.9. The average molecular weight is 908 g/mol. The molecule has 2 aliphatic rings. The van der Waals surface area contributed by atoms with E-state index in [1.165, 1.54) is 24.8 Å². The first-order valence-electron chi connectivity index (χ1n) is 21.6. The first-order valence-corrected chi connectivity index (χ1v) is 21.6. The number of hydrogen-bond acceptors (Lipinski definition) is 9. The third-order valence-electron chi connectivity index (χ3n) is 9.11. The SMILES string of the molecule is C.C.C.C.C.C.CC(C)C(=O)O.CC(C)CC(=O)N1CCN(c2ncccn2)CC1.CCCC(=O)N1CCCCC1.CCCCC(=O)c1cccc(C(C)C)c1.CCOC(=O)C(C)C. The zero-order valence-electron chi connectivity index (χ0n) is 37.8. The maximum absolute atomic E-state index is 11.9. The summed E-state index contributed by atoms with van der Waals surface area (Å²) in [6.07, 6.45) is 12.3. The van der Waals surface area contributed by atoms with Crippen molar-refractivity contribution in [1.29, 1.82) is 0 Å². The molecule has 2 aliphatic heterocycles. The second-order valence-corrected chi connectivity index (χ2v) is 15.9. The molecule has 2 aromatic rings. The van der Waals surface area contributed by atoms with Crippen LogP contribution in [0.25, 0.3) is 0 Å². The topological polar surface area (TPSA) is 150 Å². The predicted octanol–water partition coefficient (Wildman–Crippen LogP) is 12.9. The van der Waals surface area contributed by atoms with Crippen LogP contribution in [0.3, 0.4) is 0 Å². The highest BCUT2D eigenvalue weighted by Crippen LogP contribution is 2.17. The lowest BCUT2D eigenvalue weighted by Crippen LogP contribution is -2.49. The first-order chi connectivity index (χ1) is 27.5. The van der Waals surface area contributed by atoms with Gasteiger partial charge in [-0.15, -0.1) is 0 Å². The number of anilines is 1. The van der Waals surface area contributed by atoms with Gasteiger partial charge in [0.2, 0.25) is 17.8 Å². The Hall–Kier alpha value is -4.35. The number of benzene rings is 1. The number of aliphatic carboxylic acids is 1. The molecule has 0 saturated carbocycles. The fourth-order valence-corrected chi connectivity index (χ4v) is 5.47. The Bertz CT molecular complexity index is 1440. The number of rotatable bonds is 13. The van der Waals surface area contributed by atoms with Crippen molar-refractivity contribution in [2.75, 3.05) is 50.8 Å². The summed E-state index contributed by atoms with van der Waals surface area (Å²) in [6, 6.07) is 9.83. The number of esters is 1. The minimum Gasteiger partial charge on any atom is -0.481 e. The molecule has 376 valence electrons. The Morgan fingerprint density at radius 3 is 1.58 bits per heavy atom. The molecule has 12 nitrogen and oxygen atoms in total. The molecular weight excluding hydrogens is 807 g/mol. The summed E-state index contributed by atoms with van der Waals surface area (Å²) in [7, 11) is 0. The minimum absolute atomic E-state index is 0. The van der Waals surface area contributed by atoms with E-state index in [1.807, 2.05) is 47.9 Å². The molecule has 12 heteroatoms. The van der Waals surface area contributed by atoms with Crippen LogP contribution in [0, 0.1) is 17.8 Å². The van der Waals surface area contributed by atoms with Crippen molar-refractivity contribution < 1.29 is 33.8 Å².